The molecule has 94 valence electrons. The fourth-order valence-corrected chi connectivity index (χ4v) is 2.44. The molecule has 0 amide bonds. The lowest BCUT2D eigenvalue weighted by Crippen LogP contribution is -2.25. The summed E-state index contributed by atoms with van der Waals surface area (Å²) in [5.74, 6) is 0. The number of rotatable bonds is 4. The minimum absolute atomic E-state index is 0.0217. The van der Waals surface area contributed by atoms with Crippen LogP contribution in [0.4, 0.5) is 0 Å². The number of halogens is 2. The molecule has 0 aliphatic heterocycles. The van der Waals surface area contributed by atoms with Gasteiger partial charge in [-0.3, -0.25) is 4.98 Å². The van der Waals surface area contributed by atoms with E-state index in [1.54, 1.807) is 6.20 Å². The molecule has 1 aromatic carbocycles. The second kappa shape index (κ2) is 6.19. The molecule has 1 aromatic heterocycles. The number of aromatic nitrogens is 1. The highest BCUT2D eigenvalue weighted by molar-refractivity contribution is 6.35. The predicted molar refractivity (Wildman–Crippen MR) is 76.1 cm³/mol. The van der Waals surface area contributed by atoms with Crippen molar-refractivity contribution in [3.63, 3.8) is 0 Å². The molecule has 0 saturated heterocycles. The molecule has 2 aromatic rings. The van der Waals surface area contributed by atoms with E-state index in [0.29, 0.717) is 16.5 Å². The highest BCUT2D eigenvalue weighted by Crippen LogP contribution is 2.25. The van der Waals surface area contributed by atoms with E-state index >= 15 is 0 Å². The van der Waals surface area contributed by atoms with Gasteiger partial charge in [0, 0.05) is 28.5 Å². The third kappa shape index (κ3) is 3.45. The second-order valence-electron chi connectivity index (χ2n) is 4.23. The van der Waals surface area contributed by atoms with Gasteiger partial charge in [-0.05, 0) is 42.2 Å². The average Bonchev–Trinajstić information content (AvgIpc) is 2.35. The number of nitrogens with zero attached hydrogens (tertiary/aromatic N) is 1. The van der Waals surface area contributed by atoms with Crippen molar-refractivity contribution < 1.29 is 0 Å². The van der Waals surface area contributed by atoms with Crippen LogP contribution in [0.3, 0.4) is 0 Å². The van der Waals surface area contributed by atoms with Gasteiger partial charge >= 0.3 is 0 Å². The molecule has 0 fully saturated rings. The van der Waals surface area contributed by atoms with Gasteiger partial charge in [0.25, 0.3) is 0 Å². The molecule has 2 nitrogen and oxygen atoms in total. The molecule has 0 aliphatic rings. The number of hydrogen-bond donors (Lipinski definition) is 1. The normalized spacial score (nSPS) is 12.4. The van der Waals surface area contributed by atoms with Crippen LogP contribution in [0, 0.1) is 0 Å². The van der Waals surface area contributed by atoms with Gasteiger partial charge in [0.1, 0.15) is 0 Å². The Hall–Kier alpha value is -1.09. The molecule has 1 atom stereocenters. The van der Waals surface area contributed by atoms with Crippen LogP contribution >= 0.6 is 23.2 Å². The number of benzene rings is 1. The first kappa shape index (κ1) is 13.3. The Labute approximate surface area is 117 Å². The molecular formula is C14H14Cl2N2. The van der Waals surface area contributed by atoms with E-state index in [0.717, 1.165) is 17.5 Å². The summed E-state index contributed by atoms with van der Waals surface area (Å²) in [6.07, 6.45) is 5.00. The van der Waals surface area contributed by atoms with Crippen LogP contribution < -0.4 is 5.73 Å². The van der Waals surface area contributed by atoms with Gasteiger partial charge in [-0.2, -0.15) is 0 Å². The van der Waals surface area contributed by atoms with Crippen molar-refractivity contribution in [1.29, 1.82) is 0 Å². The second-order valence-corrected chi connectivity index (χ2v) is 5.04. The molecule has 18 heavy (non-hydrogen) atoms. The average molecular weight is 281 g/mol. The maximum Gasteiger partial charge on any atom is 0.0453 e. The molecule has 1 unspecified atom stereocenters. The van der Waals surface area contributed by atoms with Crippen molar-refractivity contribution in [2.45, 2.75) is 18.9 Å². The van der Waals surface area contributed by atoms with Crippen molar-refractivity contribution in [2.24, 2.45) is 5.73 Å². The molecule has 0 spiro atoms. The highest BCUT2D eigenvalue weighted by Gasteiger charge is 2.11. The lowest BCUT2D eigenvalue weighted by Gasteiger charge is -2.13. The monoisotopic (exact) mass is 280 g/mol. The van der Waals surface area contributed by atoms with Crippen LogP contribution in [0.15, 0.2) is 42.7 Å². The molecule has 0 bridgehead atoms. The zero-order valence-electron chi connectivity index (χ0n) is 9.81. The summed E-state index contributed by atoms with van der Waals surface area (Å²) in [7, 11) is 0. The summed E-state index contributed by atoms with van der Waals surface area (Å²) >= 11 is 12.2. The lowest BCUT2D eigenvalue weighted by molar-refractivity contribution is 0.663. The largest absolute Gasteiger partial charge is 0.327 e. The van der Waals surface area contributed by atoms with Gasteiger partial charge in [-0.1, -0.05) is 35.3 Å². The van der Waals surface area contributed by atoms with Crippen LogP contribution in [0.1, 0.15) is 11.1 Å². The first-order valence-corrected chi connectivity index (χ1v) is 6.50. The smallest absolute Gasteiger partial charge is 0.0453 e. The van der Waals surface area contributed by atoms with Gasteiger partial charge in [-0.25, -0.2) is 0 Å². The Morgan fingerprint density at radius 3 is 2.39 bits per heavy atom. The SMILES string of the molecule is NC(Cc1cccnc1)Cc1c(Cl)cccc1Cl. The summed E-state index contributed by atoms with van der Waals surface area (Å²) in [5, 5.41) is 1.34. The molecule has 0 radical (unpaired) electrons. The van der Waals surface area contributed by atoms with E-state index in [1.165, 1.54) is 0 Å². The topological polar surface area (TPSA) is 38.9 Å². The summed E-state index contributed by atoms with van der Waals surface area (Å²) in [4.78, 5) is 4.07. The summed E-state index contributed by atoms with van der Waals surface area (Å²) < 4.78 is 0. The Morgan fingerprint density at radius 2 is 1.78 bits per heavy atom. The van der Waals surface area contributed by atoms with Crippen LogP contribution in [-0.4, -0.2) is 11.0 Å². The summed E-state index contributed by atoms with van der Waals surface area (Å²) in [6.45, 7) is 0. The Morgan fingerprint density at radius 1 is 1.06 bits per heavy atom. The van der Waals surface area contributed by atoms with Crippen molar-refractivity contribution >= 4 is 23.2 Å². The fourth-order valence-electron chi connectivity index (χ4n) is 1.88. The van der Waals surface area contributed by atoms with E-state index in [1.807, 2.05) is 36.5 Å². The van der Waals surface area contributed by atoms with Gasteiger partial charge in [0.05, 0.1) is 0 Å². The minimum atomic E-state index is -0.0217. The lowest BCUT2D eigenvalue weighted by atomic mass is 10.0. The third-order valence-corrected chi connectivity index (χ3v) is 3.46. The zero-order chi connectivity index (χ0) is 13.0. The van der Waals surface area contributed by atoms with Crippen LogP contribution in [-0.2, 0) is 12.8 Å². The standard InChI is InChI=1S/C14H14Cl2N2/c15-13-4-1-5-14(16)12(13)8-11(17)7-10-3-2-6-18-9-10/h1-6,9,11H,7-8,17H2. The van der Waals surface area contributed by atoms with E-state index in [9.17, 15) is 0 Å². The maximum absolute atomic E-state index is 6.13. The first-order valence-electron chi connectivity index (χ1n) is 5.74. The Balaban J connectivity index is 2.06. The van der Waals surface area contributed by atoms with E-state index in [2.05, 4.69) is 4.98 Å². The predicted octanol–water partition coefficient (Wildman–Crippen LogP) is 3.50. The highest BCUT2D eigenvalue weighted by atomic mass is 35.5. The van der Waals surface area contributed by atoms with Gasteiger partial charge in [-0.15, -0.1) is 0 Å². The molecule has 0 saturated carbocycles. The molecule has 4 heteroatoms. The molecule has 1 heterocycles. The minimum Gasteiger partial charge on any atom is -0.327 e. The first-order chi connectivity index (χ1) is 8.66. The Kier molecular flexibility index (Phi) is 4.59. The van der Waals surface area contributed by atoms with Crippen LogP contribution in [0.2, 0.25) is 10.0 Å². The number of pyridine rings is 1. The van der Waals surface area contributed by atoms with Crippen LogP contribution in [0.5, 0.6) is 0 Å². The third-order valence-electron chi connectivity index (χ3n) is 2.75. The number of nitrogens with two attached hydrogens (primary N) is 1. The van der Waals surface area contributed by atoms with Gasteiger partial charge in [0.15, 0.2) is 0 Å². The summed E-state index contributed by atoms with van der Waals surface area (Å²) in [5.41, 5.74) is 8.16. The van der Waals surface area contributed by atoms with E-state index in [4.69, 9.17) is 28.9 Å². The van der Waals surface area contributed by atoms with Crippen LogP contribution in [0.25, 0.3) is 0 Å². The zero-order valence-corrected chi connectivity index (χ0v) is 11.3. The summed E-state index contributed by atoms with van der Waals surface area (Å²) in [6, 6.07) is 9.40. The van der Waals surface area contributed by atoms with Crippen molar-refractivity contribution in [1.82, 2.24) is 4.98 Å². The maximum atomic E-state index is 6.13. The fraction of sp³-hybridized carbons (Fsp3) is 0.214. The quantitative estimate of drug-likeness (QED) is 0.931. The van der Waals surface area contributed by atoms with Crippen molar-refractivity contribution in [3.8, 4) is 0 Å². The van der Waals surface area contributed by atoms with Crippen molar-refractivity contribution in [2.75, 3.05) is 0 Å². The Bertz CT molecular complexity index is 494. The number of hydrogen-bond acceptors (Lipinski definition) is 2. The molecular weight excluding hydrogens is 267 g/mol. The molecule has 0 aliphatic carbocycles. The van der Waals surface area contributed by atoms with Gasteiger partial charge < -0.3 is 5.73 Å². The molecule has 2 N–H and O–H groups in total. The van der Waals surface area contributed by atoms with E-state index in [-0.39, 0.29) is 6.04 Å². The van der Waals surface area contributed by atoms with Crippen molar-refractivity contribution in [3.05, 3.63) is 63.9 Å². The molecule has 2 rings (SSSR count). The van der Waals surface area contributed by atoms with E-state index < -0.39 is 0 Å². The van der Waals surface area contributed by atoms with Gasteiger partial charge in [0.2, 0.25) is 0 Å².